The number of hydrogen-bond donors (Lipinski definition) is 2. The van der Waals surface area contributed by atoms with E-state index in [0.29, 0.717) is 5.39 Å². The first-order valence-corrected chi connectivity index (χ1v) is 5.55. The van der Waals surface area contributed by atoms with Gasteiger partial charge in [-0.1, -0.05) is 18.2 Å². The van der Waals surface area contributed by atoms with Crippen molar-refractivity contribution in [2.45, 2.75) is 0 Å². The van der Waals surface area contributed by atoms with Crippen LogP contribution in [0, 0.1) is 0 Å². The number of aromatic amines is 1. The predicted octanol–water partition coefficient (Wildman–Crippen LogP) is 3.39. The van der Waals surface area contributed by atoms with E-state index in [9.17, 15) is 9.90 Å². The van der Waals surface area contributed by atoms with Gasteiger partial charge in [0, 0.05) is 5.39 Å². The standard InChI is InChI=1S/C13H9N3O3/c17-12(10-6-3-7-19-10)16-15-11-8-4-1-2-5-9(8)14-13(11)18/h1-7,14,18H. The molecule has 2 N–H and O–H groups in total. The minimum atomic E-state index is -0.602. The van der Waals surface area contributed by atoms with Gasteiger partial charge in [0.1, 0.15) is 0 Å². The summed E-state index contributed by atoms with van der Waals surface area (Å²) in [6.07, 6.45) is 1.38. The van der Waals surface area contributed by atoms with Gasteiger partial charge in [-0.15, -0.1) is 10.2 Å². The Hall–Kier alpha value is -2.89. The summed E-state index contributed by atoms with van der Waals surface area (Å²) in [4.78, 5) is 14.4. The van der Waals surface area contributed by atoms with Gasteiger partial charge in [0.25, 0.3) is 0 Å². The van der Waals surface area contributed by atoms with Crippen LogP contribution in [0.4, 0.5) is 5.69 Å². The highest BCUT2D eigenvalue weighted by molar-refractivity contribution is 5.95. The fourth-order valence-electron chi connectivity index (χ4n) is 1.76. The van der Waals surface area contributed by atoms with Crippen molar-refractivity contribution in [3.05, 3.63) is 48.4 Å². The molecule has 0 spiro atoms. The van der Waals surface area contributed by atoms with Crippen LogP contribution in [0.25, 0.3) is 10.9 Å². The van der Waals surface area contributed by atoms with Crippen molar-refractivity contribution in [3.8, 4) is 5.88 Å². The van der Waals surface area contributed by atoms with Crippen LogP contribution in [-0.4, -0.2) is 16.0 Å². The number of fused-ring (bicyclic) bond motifs is 1. The summed E-state index contributed by atoms with van der Waals surface area (Å²) in [7, 11) is 0. The van der Waals surface area contributed by atoms with E-state index in [1.54, 1.807) is 18.2 Å². The van der Waals surface area contributed by atoms with Gasteiger partial charge in [0.05, 0.1) is 11.8 Å². The van der Waals surface area contributed by atoms with Crippen molar-refractivity contribution >= 4 is 22.5 Å². The number of hydrogen-bond acceptors (Lipinski definition) is 4. The second kappa shape index (κ2) is 4.41. The van der Waals surface area contributed by atoms with Gasteiger partial charge >= 0.3 is 5.91 Å². The zero-order valence-corrected chi connectivity index (χ0v) is 9.70. The maximum Gasteiger partial charge on any atom is 0.331 e. The first-order valence-electron chi connectivity index (χ1n) is 5.55. The van der Waals surface area contributed by atoms with Crippen molar-refractivity contribution < 1.29 is 14.3 Å². The Labute approximate surface area is 107 Å². The molecule has 0 radical (unpaired) electrons. The molecule has 0 bridgehead atoms. The summed E-state index contributed by atoms with van der Waals surface area (Å²) in [5.74, 6) is -0.630. The highest BCUT2D eigenvalue weighted by Gasteiger charge is 2.11. The number of amides is 1. The number of para-hydroxylation sites is 1. The Bertz CT molecular complexity index is 757. The third-order valence-corrected chi connectivity index (χ3v) is 2.63. The van der Waals surface area contributed by atoms with Gasteiger partial charge < -0.3 is 14.5 Å². The Morgan fingerprint density at radius 3 is 2.84 bits per heavy atom. The normalized spacial score (nSPS) is 11.4. The van der Waals surface area contributed by atoms with E-state index >= 15 is 0 Å². The van der Waals surface area contributed by atoms with E-state index in [4.69, 9.17) is 4.42 Å². The van der Waals surface area contributed by atoms with Crippen molar-refractivity contribution in [3.63, 3.8) is 0 Å². The minimum Gasteiger partial charge on any atom is -0.493 e. The number of aromatic nitrogens is 1. The van der Waals surface area contributed by atoms with Crippen LogP contribution in [0.2, 0.25) is 0 Å². The molecule has 0 saturated heterocycles. The lowest BCUT2D eigenvalue weighted by Gasteiger charge is -1.90. The molecule has 3 rings (SSSR count). The number of nitrogens with one attached hydrogen (secondary N) is 1. The fraction of sp³-hybridized carbons (Fsp3) is 0. The fourth-order valence-corrected chi connectivity index (χ4v) is 1.76. The van der Waals surface area contributed by atoms with Gasteiger partial charge in [-0.3, -0.25) is 4.79 Å². The summed E-state index contributed by atoms with van der Waals surface area (Å²) >= 11 is 0. The molecule has 0 aliphatic rings. The number of rotatable bonds is 2. The quantitative estimate of drug-likeness (QED) is 0.687. The predicted molar refractivity (Wildman–Crippen MR) is 67.5 cm³/mol. The summed E-state index contributed by atoms with van der Waals surface area (Å²) in [5.41, 5.74) is 0.954. The average molecular weight is 255 g/mol. The van der Waals surface area contributed by atoms with Gasteiger partial charge in [-0.25, -0.2) is 0 Å². The Morgan fingerprint density at radius 1 is 1.21 bits per heavy atom. The molecule has 0 saturated carbocycles. The first-order chi connectivity index (χ1) is 9.25. The second-order valence-electron chi connectivity index (χ2n) is 3.85. The number of azo groups is 1. The Morgan fingerprint density at radius 2 is 2.05 bits per heavy atom. The molecule has 2 heterocycles. The zero-order chi connectivity index (χ0) is 13.2. The van der Waals surface area contributed by atoms with Gasteiger partial charge in [-0.05, 0) is 18.2 Å². The number of benzene rings is 1. The van der Waals surface area contributed by atoms with Gasteiger partial charge in [-0.2, -0.15) is 0 Å². The lowest BCUT2D eigenvalue weighted by molar-refractivity contribution is 0.0968. The molecule has 0 unspecified atom stereocenters. The first kappa shape index (κ1) is 11.2. The van der Waals surface area contributed by atoms with Gasteiger partial charge in [0.15, 0.2) is 11.4 Å². The van der Waals surface area contributed by atoms with Crippen LogP contribution in [0.1, 0.15) is 10.6 Å². The van der Waals surface area contributed by atoms with E-state index in [0.717, 1.165) is 5.52 Å². The highest BCUT2D eigenvalue weighted by Crippen LogP contribution is 2.35. The van der Waals surface area contributed by atoms with E-state index < -0.39 is 5.91 Å². The maximum atomic E-state index is 11.6. The third-order valence-electron chi connectivity index (χ3n) is 2.63. The lowest BCUT2D eigenvalue weighted by atomic mass is 10.2. The average Bonchev–Trinajstić information content (AvgIpc) is 3.03. The number of aromatic hydroxyl groups is 1. The number of carbonyl (C=O) groups excluding carboxylic acids is 1. The summed E-state index contributed by atoms with van der Waals surface area (Å²) in [6, 6.07) is 10.3. The molecule has 0 aliphatic carbocycles. The van der Waals surface area contributed by atoms with E-state index in [-0.39, 0.29) is 17.3 Å². The van der Waals surface area contributed by atoms with Gasteiger partial charge in [0.2, 0.25) is 5.88 Å². The minimum absolute atomic E-state index is 0.100. The highest BCUT2D eigenvalue weighted by atomic mass is 16.3. The van der Waals surface area contributed by atoms with Crippen LogP contribution < -0.4 is 0 Å². The SMILES string of the molecule is O=C(N=Nc1c(O)[nH]c2ccccc12)c1ccco1. The Balaban J connectivity index is 1.97. The van der Waals surface area contributed by atoms with Crippen molar-refractivity contribution in [1.82, 2.24) is 4.98 Å². The molecule has 0 aliphatic heterocycles. The van der Waals surface area contributed by atoms with E-state index in [1.165, 1.54) is 12.3 Å². The second-order valence-corrected chi connectivity index (χ2v) is 3.85. The number of nitrogens with zero attached hydrogens (tertiary/aromatic N) is 2. The topological polar surface area (TPSA) is 91.0 Å². The van der Waals surface area contributed by atoms with Crippen LogP contribution in [0.15, 0.2) is 57.3 Å². The molecule has 1 amide bonds. The van der Waals surface area contributed by atoms with Crippen molar-refractivity contribution in [2.75, 3.05) is 0 Å². The number of H-pyrrole nitrogens is 1. The molecule has 94 valence electrons. The molecule has 0 fully saturated rings. The maximum absolute atomic E-state index is 11.6. The molecule has 19 heavy (non-hydrogen) atoms. The molecule has 3 aromatic rings. The van der Waals surface area contributed by atoms with Crippen molar-refractivity contribution in [1.29, 1.82) is 0 Å². The third kappa shape index (κ3) is 1.99. The molecule has 0 atom stereocenters. The van der Waals surface area contributed by atoms with Crippen LogP contribution >= 0.6 is 0 Å². The summed E-state index contributed by atoms with van der Waals surface area (Å²) < 4.78 is 4.91. The number of furan rings is 1. The molecular weight excluding hydrogens is 246 g/mol. The largest absolute Gasteiger partial charge is 0.493 e. The summed E-state index contributed by atoms with van der Waals surface area (Å²) in [5, 5.41) is 17.7. The smallest absolute Gasteiger partial charge is 0.331 e. The molecule has 6 heteroatoms. The monoisotopic (exact) mass is 255 g/mol. The van der Waals surface area contributed by atoms with Crippen LogP contribution in [0.3, 0.4) is 0 Å². The summed E-state index contributed by atoms with van der Waals surface area (Å²) in [6.45, 7) is 0. The molecular formula is C13H9N3O3. The molecule has 2 aromatic heterocycles. The van der Waals surface area contributed by atoms with E-state index in [2.05, 4.69) is 15.2 Å². The number of carbonyl (C=O) groups is 1. The van der Waals surface area contributed by atoms with Crippen LogP contribution in [-0.2, 0) is 0 Å². The van der Waals surface area contributed by atoms with E-state index in [1.807, 2.05) is 12.1 Å². The molecule has 6 nitrogen and oxygen atoms in total. The zero-order valence-electron chi connectivity index (χ0n) is 9.70. The lowest BCUT2D eigenvalue weighted by Crippen LogP contribution is -1.89. The van der Waals surface area contributed by atoms with Crippen molar-refractivity contribution in [2.24, 2.45) is 10.2 Å². The Kier molecular flexibility index (Phi) is 2.60. The molecule has 1 aromatic carbocycles. The van der Waals surface area contributed by atoms with Crippen LogP contribution in [0.5, 0.6) is 5.88 Å².